The molecule has 0 aliphatic carbocycles. The Kier molecular flexibility index (Phi) is 4.97. The van der Waals surface area contributed by atoms with E-state index in [4.69, 9.17) is 0 Å². The van der Waals surface area contributed by atoms with E-state index in [1.54, 1.807) is 12.1 Å². The quantitative estimate of drug-likeness (QED) is 0.372. The Labute approximate surface area is 150 Å². The van der Waals surface area contributed by atoms with Crippen LogP contribution in [0.3, 0.4) is 0 Å². The molecule has 0 aliphatic rings. The zero-order valence-corrected chi connectivity index (χ0v) is 14.6. The first kappa shape index (κ1) is 16.3. The van der Waals surface area contributed by atoms with E-state index in [1.807, 2.05) is 29.6 Å². The minimum atomic E-state index is -0.434. The van der Waals surface area contributed by atoms with Crippen LogP contribution in [-0.2, 0) is 0 Å². The predicted molar refractivity (Wildman–Crippen MR) is 99.6 cm³/mol. The van der Waals surface area contributed by atoms with Crippen LogP contribution in [0.25, 0.3) is 11.3 Å². The van der Waals surface area contributed by atoms with E-state index in [-0.39, 0.29) is 5.69 Å². The van der Waals surface area contributed by atoms with Crippen molar-refractivity contribution in [2.24, 2.45) is 5.10 Å². The molecule has 1 N–H and O–H groups in total. The number of benzene rings is 2. The highest BCUT2D eigenvalue weighted by atomic mass is 79.9. The minimum absolute atomic E-state index is 0.0331. The van der Waals surface area contributed by atoms with E-state index in [2.05, 4.69) is 31.4 Å². The molecule has 1 aromatic heterocycles. The van der Waals surface area contributed by atoms with Crippen LogP contribution >= 0.6 is 27.3 Å². The van der Waals surface area contributed by atoms with Crippen molar-refractivity contribution in [2.45, 2.75) is 0 Å². The molecule has 0 spiro atoms. The summed E-state index contributed by atoms with van der Waals surface area (Å²) >= 11 is 4.84. The van der Waals surface area contributed by atoms with Crippen molar-refractivity contribution in [2.75, 3.05) is 5.43 Å². The molecule has 8 heteroatoms. The molecule has 0 unspecified atom stereocenters. The highest BCUT2D eigenvalue weighted by molar-refractivity contribution is 9.10. The van der Waals surface area contributed by atoms with Crippen molar-refractivity contribution in [3.63, 3.8) is 0 Å². The second-order valence-corrected chi connectivity index (χ2v) is 6.54. The van der Waals surface area contributed by atoms with E-state index >= 15 is 0 Å². The molecule has 0 atom stereocenters. The highest BCUT2D eigenvalue weighted by Gasteiger charge is 2.05. The van der Waals surface area contributed by atoms with Gasteiger partial charge in [0.1, 0.15) is 0 Å². The molecule has 0 saturated carbocycles. The summed E-state index contributed by atoms with van der Waals surface area (Å²) < 4.78 is 1.02. The van der Waals surface area contributed by atoms with Gasteiger partial charge in [0, 0.05) is 33.1 Å². The van der Waals surface area contributed by atoms with E-state index in [9.17, 15) is 10.1 Å². The molecule has 0 radical (unpaired) electrons. The Morgan fingerprint density at radius 1 is 1.25 bits per heavy atom. The van der Waals surface area contributed by atoms with Gasteiger partial charge in [-0.1, -0.05) is 40.2 Å². The molecule has 120 valence electrons. The number of nitro benzene ring substituents is 1. The zero-order chi connectivity index (χ0) is 16.9. The second-order valence-electron chi connectivity index (χ2n) is 4.77. The van der Waals surface area contributed by atoms with Gasteiger partial charge in [0.05, 0.1) is 16.8 Å². The molecular formula is C16H11BrN4O2S. The molecule has 2 aromatic carbocycles. The molecule has 6 nitrogen and oxygen atoms in total. The fraction of sp³-hybridized carbons (Fsp3) is 0. The van der Waals surface area contributed by atoms with Crippen LogP contribution in [0, 0.1) is 10.1 Å². The van der Waals surface area contributed by atoms with Crippen LogP contribution in [0.1, 0.15) is 5.56 Å². The van der Waals surface area contributed by atoms with Crippen LogP contribution < -0.4 is 5.43 Å². The average molecular weight is 403 g/mol. The molecule has 3 aromatic rings. The van der Waals surface area contributed by atoms with Crippen molar-refractivity contribution < 1.29 is 4.92 Å². The van der Waals surface area contributed by atoms with E-state index < -0.39 is 4.92 Å². The summed E-state index contributed by atoms with van der Waals surface area (Å²) in [5, 5.41) is 17.4. The number of hydrogen-bond donors (Lipinski definition) is 1. The SMILES string of the molecule is O=[N+]([O-])c1cccc(/C=N/Nc2nc(-c3ccc(Br)cc3)cs2)c1. The van der Waals surface area contributed by atoms with Crippen LogP contribution in [-0.4, -0.2) is 16.1 Å². The summed E-state index contributed by atoms with van der Waals surface area (Å²) in [7, 11) is 0. The molecule has 0 fully saturated rings. The fourth-order valence-corrected chi connectivity index (χ4v) is 2.89. The van der Waals surface area contributed by atoms with Crippen molar-refractivity contribution in [3.8, 4) is 11.3 Å². The summed E-state index contributed by atoms with van der Waals surface area (Å²) in [6.07, 6.45) is 1.52. The Balaban J connectivity index is 1.68. The third kappa shape index (κ3) is 4.03. The summed E-state index contributed by atoms with van der Waals surface area (Å²) in [6, 6.07) is 14.1. The van der Waals surface area contributed by atoms with Gasteiger partial charge in [0.2, 0.25) is 5.13 Å². The van der Waals surface area contributed by atoms with Crippen LogP contribution in [0.15, 0.2) is 63.5 Å². The van der Waals surface area contributed by atoms with Crippen LogP contribution in [0.4, 0.5) is 10.8 Å². The number of hydrogen-bond acceptors (Lipinski definition) is 6. The zero-order valence-electron chi connectivity index (χ0n) is 12.2. The molecule has 0 bridgehead atoms. The fourth-order valence-electron chi connectivity index (χ4n) is 1.96. The Bertz CT molecular complexity index is 893. The van der Waals surface area contributed by atoms with Gasteiger partial charge in [0.15, 0.2) is 0 Å². The van der Waals surface area contributed by atoms with Gasteiger partial charge in [0.25, 0.3) is 5.69 Å². The molecule has 0 aliphatic heterocycles. The van der Waals surface area contributed by atoms with Crippen molar-refractivity contribution in [1.29, 1.82) is 0 Å². The number of nitrogens with zero attached hydrogens (tertiary/aromatic N) is 3. The lowest BCUT2D eigenvalue weighted by Gasteiger charge is -1.97. The minimum Gasteiger partial charge on any atom is -0.258 e. The predicted octanol–water partition coefficient (Wildman–Crippen LogP) is 4.93. The molecule has 3 rings (SSSR count). The number of hydrazone groups is 1. The van der Waals surface area contributed by atoms with Gasteiger partial charge in [-0.15, -0.1) is 11.3 Å². The van der Waals surface area contributed by atoms with Gasteiger partial charge >= 0.3 is 0 Å². The Hall–Kier alpha value is -2.58. The number of halogens is 1. The molecule has 1 heterocycles. The maximum Gasteiger partial charge on any atom is 0.270 e. The lowest BCUT2D eigenvalue weighted by molar-refractivity contribution is -0.384. The lowest BCUT2D eigenvalue weighted by Crippen LogP contribution is -1.92. The van der Waals surface area contributed by atoms with Gasteiger partial charge in [-0.3, -0.25) is 15.5 Å². The number of anilines is 1. The third-order valence-electron chi connectivity index (χ3n) is 3.10. The third-order valence-corrected chi connectivity index (χ3v) is 4.37. The van der Waals surface area contributed by atoms with E-state index in [1.165, 1.54) is 29.7 Å². The topological polar surface area (TPSA) is 80.4 Å². The summed E-state index contributed by atoms with van der Waals surface area (Å²) in [5.41, 5.74) is 5.39. The first-order valence-electron chi connectivity index (χ1n) is 6.87. The lowest BCUT2D eigenvalue weighted by atomic mass is 10.2. The largest absolute Gasteiger partial charge is 0.270 e. The van der Waals surface area contributed by atoms with Gasteiger partial charge in [-0.25, -0.2) is 4.98 Å². The standard InChI is InChI=1S/C16H11BrN4O2S/c17-13-6-4-12(5-7-13)15-10-24-16(19-15)20-18-9-11-2-1-3-14(8-11)21(22)23/h1-10H,(H,19,20)/b18-9+. The molecule has 24 heavy (non-hydrogen) atoms. The maximum absolute atomic E-state index is 10.7. The van der Waals surface area contributed by atoms with Crippen LogP contribution in [0.5, 0.6) is 0 Å². The number of thiazole rings is 1. The average Bonchev–Trinajstić information content (AvgIpc) is 3.05. The monoisotopic (exact) mass is 402 g/mol. The summed E-state index contributed by atoms with van der Waals surface area (Å²) in [5.74, 6) is 0. The second kappa shape index (κ2) is 7.33. The first-order chi connectivity index (χ1) is 11.6. The normalized spacial score (nSPS) is 10.9. The van der Waals surface area contributed by atoms with Gasteiger partial charge in [-0.05, 0) is 12.1 Å². The maximum atomic E-state index is 10.7. The molecule has 0 amide bonds. The first-order valence-corrected chi connectivity index (χ1v) is 8.54. The van der Waals surface area contributed by atoms with E-state index in [0.29, 0.717) is 10.7 Å². The summed E-state index contributed by atoms with van der Waals surface area (Å²) in [6.45, 7) is 0. The van der Waals surface area contributed by atoms with Crippen molar-refractivity contribution in [1.82, 2.24) is 4.98 Å². The van der Waals surface area contributed by atoms with Gasteiger partial charge in [-0.2, -0.15) is 5.10 Å². The number of non-ortho nitro benzene ring substituents is 1. The van der Waals surface area contributed by atoms with E-state index in [0.717, 1.165) is 15.7 Å². The smallest absolute Gasteiger partial charge is 0.258 e. The Morgan fingerprint density at radius 3 is 2.79 bits per heavy atom. The molecule has 0 saturated heterocycles. The number of rotatable bonds is 5. The van der Waals surface area contributed by atoms with Crippen molar-refractivity contribution >= 4 is 44.3 Å². The number of nitrogens with one attached hydrogen (secondary N) is 1. The number of nitro groups is 1. The Morgan fingerprint density at radius 2 is 2.04 bits per heavy atom. The van der Waals surface area contributed by atoms with Gasteiger partial charge < -0.3 is 0 Å². The number of aromatic nitrogens is 1. The van der Waals surface area contributed by atoms with Crippen LogP contribution in [0.2, 0.25) is 0 Å². The molecular weight excluding hydrogens is 392 g/mol. The summed E-state index contributed by atoms with van der Waals surface area (Å²) in [4.78, 5) is 14.8. The van der Waals surface area contributed by atoms with Crippen molar-refractivity contribution in [3.05, 3.63) is 74.1 Å². The highest BCUT2D eigenvalue weighted by Crippen LogP contribution is 2.26.